The smallest absolute Gasteiger partial charge is 0.408 e. The molecule has 0 radical (unpaired) electrons. The standard InChI is InChI=1S/C19H31NO4/c1-7-13(2)12-23-16-10-8-15(9-11-16)17(14(3)21)20-18(22)24-19(4,5)6/h8-11,13-14,17,21H,7,12H2,1-6H3,(H,20,22)/t13-,14+,17-/m0/s1. The average molecular weight is 337 g/mol. The van der Waals surface area contributed by atoms with Crippen molar-refractivity contribution in [3.05, 3.63) is 29.8 Å². The second kappa shape index (κ2) is 8.92. The highest BCUT2D eigenvalue weighted by molar-refractivity contribution is 5.68. The van der Waals surface area contributed by atoms with E-state index in [1.165, 1.54) is 0 Å². The summed E-state index contributed by atoms with van der Waals surface area (Å²) in [6, 6.07) is 6.86. The molecule has 2 N–H and O–H groups in total. The second-order valence-electron chi connectivity index (χ2n) is 7.26. The van der Waals surface area contributed by atoms with E-state index in [2.05, 4.69) is 19.2 Å². The lowest BCUT2D eigenvalue weighted by Crippen LogP contribution is -2.38. The molecule has 5 heteroatoms. The molecule has 0 heterocycles. The molecule has 3 atom stereocenters. The third-order valence-electron chi connectivity index (χ3n) is 3.63. The lowest BCUT2D eigenvalue weighted by Gasteiger charge is -2.25. The van der Waals surface area contributed by atoms with Crippen molar-refractivity contribution in [1.82, 2.24) is 5.32 Å². The molecule has 0 aliphatic carbocycles. The van der Waals surface area contributed by atoms with Gasteiger partial charge in [0.2, 0.25) is 0 Å². The number of ether oxygens (including phenoxy) is 2. The minimum Gasteiger partial charge on any atom is -0.493 e. The number of hydrogen-bond acceptors (Lipinski definition) is 4. The van der Waals surface area contributed by atoms with Crippen LogP contribution in [-0.4, -0.2) is 29.5 Å². The number of alkyl carbamates (subject to hydrolysis) is 1. The third kappa shape index (κ3) is 7.21. The van der Waals surface area contributed by atoms with Crippen molar-refractivity contribution in [3.63, 3.8) is 0 Å². The van der Waals surface area contributed by atoms with Crippen LogP contribution in [0.5, 0.6) is 5.75 Å². The van der Waals surface area contributed by atoms with Crippen molar-refractivity contribution < 1.29 is 19.4 Å². The summed E-state index contributed by atoms with van der Waals surface area (Å²) in [6.45, 7) is 12.0. The number of benzene rings is 1. The Bertz CT molecular complexity index is 505. The van der Waals surface area contributed by atoms with Crippen LogP contribution < -0.4 is 10.1 Å². The molecule has 0 saturated heterocycles. The van der Waals surface area contributed by atoms with Crippen LogP contribution in [0.25, 0.3) is 0 Å². The number of hydrogen-bond donors (Lipinski definition) is 2. The molecule has 0 fully saturated rings. The van der Waals surface area contributed by atoms with Gasteiger partial charge in [-0.15, -0.1) is 0 Å². The summed E-state index contributed by atoms with van der Waals surface area (Å²) in [6.07, 6.45) is -0.225. The normalized spacial score (nSPS) is 15.3. The molecular formula is C19H31NO4. The van der Waals surface area contributed by atoms with Crippen LogP contribution in [-0.2, 0) is 4.74 Å². The number of carbonyl (C=O) groups is 1. The molecule has 5 nitrogen and oxygen atoms in total. The predicted molar refractivity (Wildman–Crippen MR) is 95.2 cm³/mol. The maximum absolute atomic E-state index is 12.0. The van der Waals surface area contributed by atoms with Crippen molar-refractivity contribution in [2.24, 2.45) is 5.92 Å². The Hall–Kier alpha value is -1.75. The van der Waals surface area contributed by atoms with E-state index in [-0.39, 0.29) is 0 Å². The number of aliphatic hydroxyl groups excluding tert-OH is 1. The van der Waals surface area contributed by atoms with E-state index in [0.717, 1.165) is 17.7 Å². The van der Waals surface area contributed by atoms with E-state index >= 15 is 0 Å². The number of carbonyl (C=O) groups excluding carboxylic acids is 1. The Morgan fingerprint density at radius 1 is 1.21 bits per heavy atom. The van der Waals surface area contributed by atoms with E-state index in [4.69, 9.17) is 9.47 Å². The maximum atomic E-state index is 12.0. The summed E-state index contributed by atoms with van der Waals surface area (Å²) in [5.41, 5.74) is 0.216. The van der Waals surface area contributed by atoms with Crippen molar-refractivity contribution in [3.8, 4) is 5.75 Å². The van der Waals surface area contributed by atoms with Crippen LogP contribution in [0.3, 0.4) is 0 Å². The molecule has 1 aromatic carbocycles. The second-order valence-corrected chi connectivity index (χ2v) is 7.26. The van der Waals surface area contributed by atoms with Crippen molar-refractivity contribution >= 4 is 6.09 Å². The van der Waals surface area contributed by atoms with Gasteiger partial charge in [0.05, 0.1) is 18.8 Å². The van der Waals surface area contributed by atoms with Crippen LogP contribution in [0.1, 0.15) is 59.6 Å². The first kappa shape index (κ1) is 20.3. The van der Waals surface area contributed by atoms with Crippen molar-refractivity contribution in [1.29, 1.82) is 0 Å². The van der Waals surface area contributed by atoms with Gasteiger partial charge >= 0.3 is 6.09 Å². The molecule has 0 aromatic heterocycles. The SMILES string of the molecule is CC[C@H](C)COc1ccc([C@@H](NC(=O)OC(C)(C)C)[C@@H](C)O)cc1. The molecule has 0 saturated carbocycles. The van der Waals surface area contributed by atoms with E-state index in [9.17, 15) is 9.90 Å². The molecule has 0 spiro atoms. The first-order valence-corrected chi connectivity index (χ1v) is 8.52. The van der Waals surface area contributed by atoms with Gasteiger partial charge < -0.3 is 19.9 Å². The Balaban J connectivity index is 2.73. The zero-order valence-corrected chi connectivity index (χ0v) is 15.6. The highest BCUT2D eigenvalue weighted by Crippen LogP contribution is 2.22. The lowest BCUT2D eigenvalue weighted by atomic mass is 10.0. The zero-order chi connectivity index (χ0) is 18.3. The van der Waals surface area contributed by atoms with Gasteiger partial charge in [-0.05, 0) is 51.3 Å². The molecule has 0 unspecified atom stereocenters. The van der Waals surface area contributed by atoms with Gasteiger partial charge in [0.1, 0.15) is 11.4 Å². The highest BCUT2D eigenvalue weighted by Gasteiger charge is 2.23. The first-order chi connectivity index (χ1) is 11.1. The van der Waals surface area contributed by atoms with Gasteiger partial charge in [0.25, 0.3) is 0 Å². The van der Waals surface area contributed by atoms with Crippen molar-refractivity contribution in [2.75, 3.05) is 6.61 Å². The number of nitrogens with one attached hydrogen (secondary N) is 1. The number of rotatable bonds is 7. The Morgan fingerprint density at radius 3 is 2.25 bits per heavy atom. The fourth-order valence-corrected chi connectivity index (χ4v) is 2.04. The summed E-state index contributed by atoms with van der Waals surface area (Å²) in [5, 5.41) is 12.7. The summed E-state index contributed by atoms with van der Waals surface area (Å²) >= 11 is 0. The topological polar surface area (TPSA) is 67.8 Å². The molecular weight excluding hydrogens is 306 g/mol. The molecule has 0 aliphatic heterocycles. The largest absolute Gasteiger partial charge is 0.493 e. The summed E-state index contributed by atoms with van der Waals surface area (Å²) < 4.78 is 11.0. The summed E-state index contributed by atoms with van der Waals surface area (Å²) in [5.74, 6) is 1.28. The molecule has 24 heavy (non-hydrogen) atoms. The monoisotopic (exact) mass is 337 g/mol. The number of amides is 1. The molecule has 0 bridgehead atoms. The Kier molecular flexibility index (Phi) is 7.55. The van der Waals surface area contributed by atoms with Crippen molar-refractivity contribution in [2.45, 2.75) is 65.7 Å². The molecule has 1 rings (SSSR count). The molecule has 136 valence electrons. The van der Waals surface area contributed by atoms with Crippen LogP contribution in [0, 0.1) is 5.92 Å². The zero-order valence-electron chi connectivity index (χ0n) is 15.6. The first-order valence-electron chi connectivity index (χ1n) is 8.52. The Labute approximate surface area is 145 Å². The molecule has 0 aliphatic rings. The van der Waals surface area contributed by atoms with Gasteiger partial charge in [0, 0.05) is 0 Å². The van der Waals surface area contributed by atoms with Gasteiger partial charge in [0.15, 0.2) is 0 Å². The fourth-order valence-electron chi connectivity index (χ4n) is 2.04. The van der Waals surface area contributed by atoms with Gasteiger partial charge in [-0.2, -0.15) is 0 Å². The maximum Gasteiger partial charge on any atom is 0.408 e. The van der Waals surface area contributed by atoms with E-state index in [1.54, 1.807) is 27.7 Å². The lowest BCUT2D eigenvalue weighted by molar-refractivity contribution is 0.0436. The van der Waals surface area contributed by atoms with E-state index in [0.29, 0.717) is 12.5 Å². The van der Waals surface area contributed by atoms with Crippen LogP contribution >= 0.6 is 0 Å². The minimum atomic E-state index is -0.746. The number of aliphatic hydroxyl groups is 1. The van der Waals surface area contributed by atoms with Gasteiger partial charge in [-0.1, -0.05) is 32.4 Å². The summed E-state index contributed by atoms with van der Waals surface area (Å²) in [4.78, 5) is 12.0. The van der Waals surface area contributed by atoms with E-state index < -0.39 is 23.8 Å². The fraction of sp³-hybridized carbons (Fsp3) is 0.632. The third-order valence-corrected chi connectivity index (χ3v) is 3.63. The molecule has 1 amide bonds. The average Bonchev–Trinajstić information content (AvgIpc) is 2.49. The predicted octanol–water partition coefficient (Wildman–Crippen LogP) is 4.06. The van der Waals surface area contributed by atoms with Gasteiger partial charge in [-0.25, -0.2) is 4.79 Å². The van der Waals surface area contributed by atoms with E-state index in [1.807, 2.05) is 24.3 Å². The van der Waals surface area contributed by atoms with Gasteiger partial charge in [-0.3, -0.25) is 0 Å². The molecule has 1 aromatic rings. The highest BCUT2D eigenvalue weighted by atomic mass is 16.6. The Morgan fingerprint density at radius 2 is 1.79 bits per heavy atom. The van der Waals surface area contributed by atoms with Crippen LogP contribution in [0.4, 0.5) is 4.79 Å². The van der Waals surface area contributed by atoms with Crippen LogP contribution in [0.15, 0.2) is 24.3 Å². The van der Waals surface area contributed by atoms with Crippen LogP contribution in [0.2, 0.25) is 0 Å². The summed E-state index contributed by atoms with van der Waals surface area (Å²) in [7, 11) is 0. The quantitative estimate of drug-likeness (QED) is 0.787. The minimum absolute atomic E-state index is 0.503.